The van der Waals surface area contributed by atoms with Crippen LogP contribution in [-0.4, -0.2) is 251 Å². The van der Waals surface area contributed by atoms with E-state index in [1.807, 2.05) is 13.8 Å². The van der Waals surface area contributed by atoms with Crippen LogP contribution in [0.1, 0.15) is 155 Å². The highest BCUT2D eigenvalue weighted by molar-refractivity contribution is 6.31. The van der Waals surface area contributed by atoms with Crippen LogP contribution in [0.5, 0.6) is 0 Å². The number of nitrogens with zero attached hydrogens (tertiary/aromatic N) is 8. The van der Waals surface area contributed by atoms with Crippen LogP contribution < -0.4 is 21.3 Å². The Morgan fingerprint density at radius 3 is 1.83 bits per heavy atom. The molecule has 105 heavy (non-hydrogen) atoms. The lowest BCUT2D eigenvalue weighted by Gasteiger charge is -2.44. The summed E-state index contributed by atoms with van der Waals surface area (Å²) in [5, 5.41) is 10.5. The molecule has 5 aliphatic rings. The van der Waals surface area contributed by atoms with Crippen molar-refractivity contribution in [1.82, 2.24) is 60.5 Å². The number of carbonyl (C=O) groups excluding carboxylic acids is 12. The Labute approximate surface area is 614 Å². The molecule has 4 heterocycles. The van der Waals surface area contributed by atoms with E-state index in [0.29, 0.717) is 25.7 Å². The molecule has 11 atom stereocenters. The molecule has 582 valence electrons. The number of alkyl halides is 6. The number of hydrogen-bond donors (Lipinski definition) is 4. The van der Waals surface area contributed by atoms with Crippen molar-refractivity contribution in [2.45, 2.75) is 218 Å². The Morgan fingerprint density at radius 2 is 1.27 bits per heavy atom. The fourth-order valence-corrected chi connectivity index (χ4v) is 15.0. The smallest absolute Gasteiger partial charge is 0.378 e. The highest BCUT2D eigenvalue weighted by Gasteiger charge is 2.52. The molecule has 2 aromatic rings. The lowest BCUT2D eigenvalue weighted by Crippen LogP contribution is -2.65. The van der Waals surface area contributed by atoms with Crippen LogP contribution in [0.15, 0.2) is 42.5 Å². The summed E-state index contributed by atoms with van der Waals surface area (Å²) in [5.74, 6) is -10.7. The zero-order valence-corrected chi connectivity index (χ0v) is 62.8. The van der Waals surface area contributed by atoms with Gasteiger partial charge in [0, 0.05) is 67.3 Å². The standard InChI is InChI=1S/C73H103ClF6N12O13/c1-13-43(6)59-63(97)81-45(8)64(98)92-32-28-53(92)67(101)86(10)55(39-47-20-24-48(25-21-47)72(75,76)77)66(100)85(9)41-57(93)82-51(27-23-46-22-26-49(50(74)38-46)73(78,79)80)65(99)91-31-18-19-52(91)62(96)84-71(29-16-17-30-71)70(104)88(12)60(44(7)14-2)69(103)87(11)56(68(102)89-33-35-105-36-34-89)40-58(94)90(15-3)54(37-42(4)5)61(95)83-59/h20-22,24-26,38,42-45,51-56,59-60H,13-19,23,27-37,39-41H2,1-12H3,(H,81,97)(H,82,93)(H,83,95)(H,84,96)/t43-,44-,45-,51-,52-,53-,54-,55-,56-,59-,60-/m0/s1. The molecular weight excluding hydrogens is 1400 g/mol. The van der Waals surface area contributed by atoms with Gasteiger partial charge in [-0.25, -0.2) is 0 Å². The minimum atomic E-state index is -4.82. The molecule has 0 aromatic heterocycles. The molecule has 4 saturated heterocycles. The van der Waals surface area contributed by atoms with Gasteiger partial charge in [0.15, 0.2) is 0 Å². The van der Waals surface area contributed by atoms with Gasteiger partial charge in [-0.2, -0.15) is 26.3 Å². The number of amides is 12. The first-order valence-electron chi connectivity index (χ1n) is 36.4. The summed E-state index contributed by atoms with van der Waals surface area (Å²) in [7, 11) is 5.22. The molecule has 5 fully saturated rings. The SMILES string of the molecule is CC[C@H](C)[C@@H]1NC(=O)[C@H](CC(C)C)N(CC)C(=O)C[C@@H](C(=O)N2CCOCC2)N(C)C(=O)[C@H]([C@@H](C)CC)N(C)C(=O)C2(CCCC2)NC(=O)[C@@H]2CCCN2C(=O)[C@H](CCc2ccc(C(F)(F)F)c(Cl)c2)NC(=O)CN(C)C(=O)[C@H](Cc2ccc(C(F)(F)F)cc2)N(C)C(=O)[C@@H]2CCN2C(=O)[C@H](C)NC1=O. The zero-order chi connectivity index (χ0) is 77.9. The number of hydrogen-bond acceptors (Lipinski definition) is 13. The maximum absolute atomic E-state index is 15.6. The van der Waals surface area contributed by atoms with E-state index >= 15 is 28.8 Å². The fraction of sp³-hybridized carbons (Fsp3) is 0.671. The van der Waals surface area contributed by atoms with E-state index in [9.17, 15) is 55.1 Å². The number of benzene rings is 2. The second kappa shape index (κ2) is 36.0. The number of aryl methyl sites for hydroxylation is 1. The Bertz CT molecular complexity index is 3500. The van der Waals surface area contributed by atoms with Gasteiger partial charge in [-0.15, -0.1) is 0 Å². The summed E-state index contributed by atoms with van der Waals surface area (Å²) in [6.45, 7) is 13.3. The first-order chi connectivity index (χ1) is 49.3. The van der Waals surface area contributed by atoms with Crippen molar-refractivity contribution >= 4 is 82.5 Å². The minimum Gasteiger partial charge on any atom is -0.378 e. The molecule has 0 unspecified atom stereocenters. The molecule has 0 bridgehead atoms. The van der Waals surface area contributed by atoms with Crippen LogP contribution >= 0.6 is 11.6 Å². The third kappa shape index (κ3) is 20.1. The van der Waals surface area contributed by atoms with Gasteiger partial charge < -0.3 is 65.2 Å². The molecule has 12 amide bonds. The number of morpholine rings is 1. The highest BCUT2D eigenvalue weighted by Crippen LogP contribution is 2.38. The van der Waals surface area contributed by atoms with Crippen molar-refractivity contribution in [1.29, 1.82) is 0 Å². The van der Waals surface area contributed by atoms with Gasteiger partial charge >= 0.3 is 12.4 Å². The average Bonchev–Trinajstić information content (AvgIpc) is 1.42. The molecule has 0 radical (unpaired) electrons. The third-order valence-corrected chi connectivity index (χ3v) is 21.8. The predicted octanol–water partition coefficient (Wildman–Crippen LogP) is 5.61. The fourth-order valence-electron chi connectivity index (χ4n) is 14.7. The van der Waals surface area contributed by atoms with Crippen LogP contribution in [0, 0.1) is 17.8 Å². The van der Waals surface area contributed by atoms with Crippen molar-refractivity contribution in [3.63, 3.8) is 0 Å². The van der Waals surface area contributed by atoms with Gasteiger partial charge in [0.2, 0.25) is 70.9 Å². The van der Waals surface area contributed by atoms with Gasteiger partial charge in [-0.1, -0.05) is 97.0 Å². The van der Waals surface area contributed by atoms with Crippen molar-refractivity contribution in [3.05, 3.63) is 69.7 Å². The molecule has 2 aromatic carbocycles. The molecule has 1 spiro atoms. The summed E-state index contributed by atoms with van der Waals surface area (Å²) in [5.41, 5.74) is -3.43. The Kier molecular flexibility index (Phi) is 28.9. The Hall–Kier alpha value is -8.09. The number of carbonyl (C=O) groups is 12. The van der Waals surface area contributed by atoms with Crippen LogP contribution in [-0.2, 0) is 87.5 Å². The van der Waals surface area contributed by atoms with Gasteiger partial charge in [0.25, 0.3) is 0 Å². The van der Waals surface area contributed by atoms with E-state index in [2.05, 4.69) is 21.3 Å². The van der Waals surface area contributed by atoms with E-state index in [1.54, 1.807) is 34.6 Å². The predicted molar refractivity (Wildman–Crippen MR) is 374 cm³/mol. The summed E-state index contributed by atoms with van der Waals surface area (Å²) < 4.78 is 88.8. The second-order valence-corrected chi connectivity index (χ2v) is 29.5. The largest absolute Gasteiger partial charge is 0.417 e. The third-order valence-electron chi connectivity index (χ3n) is 21.4. The van der Waals surface area contributed by atoms with Crippen molar-refractivity contribution in [2.24, 2.45) is 17.8 Å². The zero-order valence-electron chi connectivity index (χ0n) is 62.1. The molecule has 32 heteroatoms. The Morgan fingerprint density at radius 1 is 0.648 bits per heavy atom. The molecule has 4 N–H and O–H groups in total. The quantitative estimate of drug-likeness (QED) is 0.178. The highest BCUT2D eigenvalue weighted by atomic mass is 35.5. The molecule has 1 aliphatic carbocycles. The number of nitrogens with one attached hydrogen (secondary N) is 4. The van der Waals surface area contributed by atoms with E-state index < -0.39 is 191 Å². The molecule has 1 saturated carbocycles. The summed E-state index contributed by atoms with van der Waals surface area (Å²) in [6, 6.07) is -5.65. The van der Waals surface area contributed by atoms with Crippen molar-refractivity contribution < 1.29 is 88.6 Å². The molecule has 25 nitrogen and oxygen atoms in total. The molecule has 7 rings (SSSR count). The van der Waals surface area contributed by atoms with Crippen LogP contribution in [0.2, 0.25) is 5.02 Å². The number of ether oxygens (including phenoxy) is 1. The number of rotatable bonds is 13. The van der Waals surface area contributed by atoms with Crippen molar-refractivity contribution in [2.75, 3.05) is 80.7 Å². The van der Waals surface area contributed by atoms with Gasteiger partial charge in [0.1, 0.15) is 59.9 Å². The number of fused-ring (bicyclic) bond motifs is 2. The number of likely N-dealkylation sites (N-methyl/N-ethyl adjacent to an activating group) is 5. The second-order valence-electron chi connectivity index (χ2n) is 29.1. The van der Waals surface area contributed by atoms with E-state index in [4.69, 9.17) is 16.3 Å². The lowest BCUT2D eigenvalue weighted by molar-refractivity contribution is -0.157. The maximum Gasteiger partial charge on any atom is 0.417 e. The molecular formula is C73H103ClF6N12O13. The Balaban J connectivity index is 1.31. The summed E-state index contributed by atoms with van der Waals surface area (Å²) >= 11 is 6.13. The van der Waals surface area contributed by atoms with E-state index in [0.717, 1.165) is 57.2 Å². The topological polar surface area (TPSA) is 288 Å². The average molecular weight is 1510 g/mol. The monoisotopic (exact) mass is 1500 g/mol. The summed E-state index contributed by atoms with van der Waals surface area (Å²) in [4.78, 5) is 189. The first kappa shape index (κ1) is 84.2. The van der Waals surface area contributed by atoms with Crippen molar-refractivity contribution in [3.8, 4) is 0 Å². The minimum absolute atomic E-state index is 0.00237. The number of halogens is 7. The van der Waals surface area contributed by atoms with Gasteiger partial charge in [-0.05, 0) is 118 Å². The normalized spacial score (nSPS) is 26.3. The van der Waals surface area contributed by atoms with Gasteiger partial charge in [-0.3, -0.25) is 57.5 Å². The molecule has 4 aliphatic heterocycles. The summed E-state index contributed by atoms with van der Waals surface area (Å²) in [6.07, 6.45) is -8.94. The first-order valence-corrected chi connectivity index (χ1v) is 36.7. The van der Waals surface area contributed by atoms with Crippen LogP contribution in [0.4, 0.5) is 26.3 Å². The lowest BCUT2D eigenvalue weighted by atomic mass is 9.90. The van der Waals surface area contributed by atoms with Crippen LogP contribution in [0.3, 0.4) is 0 Å². The van der Waals surface area contributed by atoms with Gasteiger partial charge in [0.05, 0.1) is 42.3 Å². The van der Waals surface area contributed by atoms with Crippen LogP contribution in [0.25, 0.3) is 0 Å². The van der Waals surface area contributed by atoms with E-state index in [-0.39, 0.29) is 114 Å². The maximum atomic E-state index is 15.6. The van der Waals surface area contributed by atoms with E-state index in [1.165, 1.54) is 59.6 Å².